The summed E-state index contributed by atoms with van der Waals surface area (Å²) in [7, 11) is 0. The van der Waals surface area contributed by atoms with Crippen LogP contribution in [0.25, 0.3) is 0 Å². The lowest BCUT2D eigenvalue weighted by Crippen LogP contribution is -2.49. The summed E-state index contributed by atoms with van der Waals surface area (Å²) in [4.78, 5) is 33.6. The van der Waals surface area contributed by atoms with Crippen LogP contribution in [0.3, 0.4) is 0 Å². The Labute approximate surface area is 204 Å². The van der Waals surface area contributed by atoms with Crippen LogP contribution in [0.4, 0.5) is 15.6 Å². The maximum absolute atomic E-state index is 12.7. The molecule has 178 valence electrons. The number of benzene rings is 1. The molecule has 1 aliphatic heterocycles. The zero-order chi connectivity index (χ0) is 23.2. The first kappa shape index (κ1) is 23.8. The first-order valence-electron chi connectivity index (χ1n) is 11.8. The number of piperazine rings is 1. The fourth-order valence-corrected chi connectivity index (χ4v) is 5.46. The van der Waals surface area contributed by atoms with Gasteiger partial charge in [-0.3, -0.25) is 10.1 Å². The van der Waals surface area contributed by atoms with E-state index in [2.05, 4.69) is 27.4 Å². The van der Waals surface area contributed by atoms with Crippen molar-refractivity contribution in [2.75, 3.05) is 36.4 Å². The SMILES string of the molecule is Cc1ccc(Cl)cc1N1CCN(C(=O)CCc2csc(NC(=O)NC3CCCCC3)n2)CC1. The number of nitrogens with zero attached hydrogens (tertiary/aromatic N) is 3. The highest BCUT2D eigenvalue weighted by molar-refractivity contribution is 7.13. The first-order valence-corrected chi connectivity index (χ1v) is 13.0. The van der Waals surface area contributed by atoms with Crippen molar-refractivity contribution in [1.29, 1.82) is 0 Å². The van der Waals surface area contributed by atoms with Crippen LogP contribution in [0.1, 0.15) is 49.8 Å². The largest absolute Gasteiger partial charge is 0.368 e. The topological polar surface area (TPSA) is 77.6 Å². The summed E-state index contributed by atoms with van der Waals surface area (Å²) in [5.74, 6) is 0.148. The molecular weight excluding hydrogens is 458 g/mol. The highest BCUT2D eigenvalue weighted by atomic mass is 35.5. The van der Waals surface area contributed by atoms with E-state index in [9.17, 15) is 9.59 Å². The van der Waals surface area contributed by atoms with Gasteiger partial charge >= 0.3 is 6.03 Å². The second-order valence-electron chi connectivity index (χ2n) is 8.88. The number of halogens is 1. The van der Waals surface area contributed by atoms with Gasteiger partial charge in [0, 0.05) is 54.7 Å². The molecule has 0 spiro atoms. The van der Waals surface area contributed by atoms with Crippen molar-refractivity contribution in [3.05, 3.63) is 39.9 Å². The second-order valence-corrected chi connectivity index (χ2v) is 10.2. The first-order chi connectivity index (χ1) is 16.0. The van der Waals surface area contributed by atoms with Crippen molar-refractivity contribution in [2.45, 2.75) is 57.9 Å². The molecule has 2 aliphatic rings. The molecule has 4 rings (SSSR count). The van der Waals surface area contributed by atoms with Crippen LogP contribution in [-0.2, 0) is 11.2 Å². The van der Waals surface area contributed by atoms with Gasteiger partial charge in [-0.15, -0.1) is 11.3 Å². The number of carbonyl (C=O) groups excluding carboxylic acids is 2. The Kier molecular flexibility index (Phi) is 8.09. The standard InChI is InChI=1S/C24H32ClN5O2S/c1-17-7-8-18(25)15-21(17)29-11-13-30(14-12-29)22(31)10-9-20-16-33-24(27-20)28-23(32)26-19-5-3-2-4-6-19/h7-8,15-16,19H,2-6,9-14H2,1H3,(H2,26,27,28,32). The van der Waals surface area contributed by atoms with Crippen molar-refractivity contribution in [1.82, 2.24) is 15.2 Å². The van der Waals surface area contributed by atoms with Crippen LogP contribution in [0, 0.1) is 6.92 Å². The third-order valence-electron chi connectivity index (χ3n) is 6.45. The van der Waals surface area contributed by atoms with Crippen LogP contribution in [0.2, 0.25) is 5.02 Å². The van der Waals surface area contributed by atoms with Gasteiger partial charge < -0.3 is 15.1 Å². The minimum absolute atomic E-state index is 0.148. The summed E-state index contributed by atoms with van der Waals surface area (Å²) in [5.41, 5.74) is 3.18. The molecule has 1 aliphatic carbocycles. The predicted molar refractivity (Wildman–Crippen MR) is 134 cm³/mol. The van der Waals surface area contributed by atoms with Crippen LogP contribution in [0.5, 0.6) is 0 Å². The molecule has 33 heavy (non-hydrogen) atoms. The van der Waals surface area contributed by atoms with Gasteiger partial charge in [-0.05, 0) is 43.9 Å². The lowest BCUT2D eigenvalue weighted by Gasteiger charge is -2.37. The fourth-order valence-electron chi connectivity index (χ4n) is 4.56. The van der Waals surface area contributed by atoms with Gasteiger partial charge in [0.2, 0.25) is 5.91 Å². The molecule has 1 saturated carbocycles. The fraction of sp³-hybridized carbons (Fsp3) is 0.542. The highest BCUT2D eigenvalue weighted by Crippen LogP contribution is 2.25. The number of rotatable bonds is 6. The van der Waals surface area contributed by atoms with Crippen molar-refractivity contribution in [3.8, 4) is 0 Å². The zero-order valence-electron chi connectivity index (χ0n) is 19.1. The van der Waals surface area contributed by atoms with Crippen LogP contribution < -0.4 is 15.5 Å². The Hall–Kier alpha value is -2.32. The van der Waals surface area contributed by atoms with Gasteiger partial charge in [0.15, 0.2) is 5.13 Å². The third-order valence-corrected chi connectivity index (χ3v) is 7.49. The molecule has 9 heteroatoms. The third kappa shape index (κ3) is 6.60. The van der Waals surface area contributed by atoms with E-state index in [4.69, 9.17) is 11.6 Å². The molecule has 0 unspecified atom stereocenters. The average Bonchev–Trinajstić information content (AvgIpc) is 3.27. The van der Waals surface area contributed by atoms with Crippen LogP contribution in [-0.4, -0.2) is 54.0 Å². The Morgan fingerprint density at radius 2 is 1.91 bits per heavy atom. The molecule has 2 aromatic rings. The zero-order valence-corrected chi connectivity index (χ0v) is 20.7. The smallest absolute Gasteiger partial charge is 0.321 e. The number of hydrogen-bond acceptors (Lipinski definition) is 5. The number of amides is 3. The average molecular weight is 490 g/mol. The predicted octanol–water partition coefficient (Wildman–Crippen LogP) is 4.84. The number of aromatic nitrogens is 1. The van der Waals surface area contributed by atoms with E-state index >= 15 is 0 Å². The Morgan fingerprint density at radius 1 is 1.15 bits per heavy atom. The lowest BCUT2D eigenvalue weighted by atomic mass is 9.96. The molecule has 0 atom stereocenters. The van der Waals surface area contributed by atoms with Crippen molar-refractivity contribution in [3.63, 3.8) is 0 Å². The van der Waals surface area contributed by atoms with Crippen LogP contribution in [0.15, 0.2) is 23.6 Å². The summed E-state index contributed by atoms with van der Waals surface area (Å²) < 4.78 is 0. The number of thiazole rings is 1. The Morgan fingerprint density at radius 3 is 2.67 bits per heavy atom. The number of aryl methyl sites for hydroxylation is 2. The van der Waals surface area contributed by atoms with Gasteiger partial charge in [-0.1, -0.05) is 36.9 Å². The van der Waals surface area contributed by atoms with E-state index in [-0.39, 0.29) is 18.0 Å². The van der Waals surface area contributed by atoms with E-state index in [0.29, 0.717) is 31.1 Å². The molecular formula is C24H32ClN5O2S. The molecule has 1 aromatic heterocycles. The van der Waals surface area contributed by atoms with E-state index in [1.54, 1.807) is 0 Å². The number of nitrogens with one attached hydrogen (secondary N) is 2. The molecule has 2 heterocycles. The quantitative estimate of drug-likeness (QED) is 0.608. The summed E-state index contributed by atoms with van der Waals surface area (Å²) >= 11 is 7.57. The molecule has 2 fully saturated rings. The molecule has 0 radical (unpaired) electrons. The van der Waals surface area contributed by atoms with E-state index < -0.39 is 0 Å². The second kappa shape index (κ2) is 11.2. The minimum atomic E-state index is -0.188. The van der Waals surface area contributed by atoms with Gasteiger partial charge in [0.1, 0.15) is 0 Å². The van der Waals surface area contributed by atoms with Gasteiger partial charge in [0.25, 0.3) is 0 Å². The normalized spacial score (nSPS) is 17.2. The number of hydrogen-bond donors (Lipinski definition) is 2. The highest BCUT2D eigenvalue weighted by Gasteiger charge is 2.22. The number of anilines is 2. The van der Waals surface area contributed by atoms with Crippen molar-refractivity contribution >= 4 is 45.7 Å². The van der Waals surface area contributed by atoms with E-state index in [0.717, 1.165) is 42.3 Å². The van der Waals surface area contributed by atoms with Crippen molar-refractivity contribution in [2.24, 2.45) is 0 Å². The summed E-state index contributed by atoms with van der Waals surface area (Å²) in [6.07, 6.45) is 6.71. The van der Waals surface area contributed by atoms with Gasteiger partial charge in [-0.25, -0.2) is 9.78 Å². The maximum atomic E-state index is 12.7. The summed E-state index contributed by atoms with van der Waals surface area (Å²) in [5, 5.41) is 9.11. The lowest BCUT2D eigenvalue weighted by molar-refractivity contribution is -0.131. The maximum Gasteiger partial charge on any atom is 0.321 e. The molecule has 0 bridgehead atoms. The van der Waals surface area contributed by atoms with Gasteiger partial charge in [0.05, 0.1) is 5.69 Å². The minimum Gasteiger partial charge on any atom is -0.368 e. The van der Waals surface area contributed by atoms with Gasteiger partial charge in [-0.2, -0.15) is 0 Å². The number of urea groups is 1. The van der Waals surface area contributed by atoms with E-state index in [1.165, 1.54) is 36.2 Å². The number of carbonyl (C=O) groups is 2. The monoisotopic (exact) mass is 489 g/mol. The molecule has 3 amide bonds. The summed E-state index contributed by atoms with van der Waals surface area (Å²) in [6, 6.07) is 6.01. The molecule has 7 nitrogen and oxygen atoms in total. The Balaban J connectivity index is 1.20. The van der Waals surface area contributed by atoms with Crippen LogP contribution >= 0.6 is 22.9 Å². The molecule has 1 saturated heterocycles. The molecule has 1 aromatic carbocycles. The van der Waals surface area contributed by atoms with E-state index in [1.807, 2.05) is 28.5 Å². The van der Waals surface area contributed by atoms with Crippen molar-refractivity contribution < 1.29 is 9.59 Å². The Bertz CT molecular complexity index is 968. The summed E-state index contributed by atoms with van der Waals surface area (Å²) in [6.45, 7) is 5.09. The molecule has 2 N–H and O–H groups in total.